The monoisotopic (exact) mass is 309 g/mol. The molecule has 0 fully saturated rings. The van der Waals surface area contributed by atoms with Crippen LogP contribution in [0, 0.1) is 0 Å². The average Bonchev–Trinajstić information content (AvgIpc) is 2.92. The van der Waals surface area contributed by atoms with Gasteiger partial charge in [-0.3, -0.25) is 4.90 Å². The molecule has 0 bridgehead atoms. The average molecular weight is 310 g/mol. The molecule has 2 aromatic rings. The summed E-state index contributed by atoms with van der Waals surface area (Å²) in [4.78, 5) is 6.82. The highest BCUT2D eigenvalue weighted by Crippen LogP contribution is 2.19. The number of thiophene rings is 1. The van der Waals surface area contributed by atoms with Gasteiger partial charge in [-0.15, -0.1) is 0 Å². The van der Waals surface area contributed by atoms with E-state index in [1.807, 2.05) is 12.1 Å². The third kappa shape index (κ3) is 4.47. The van der Waals surface area contributed by atoms with Gasteiger partial charge in [0, 0.05) is 19.6 Å². The van der Waals surface area contributed by atoms with Gasteiger partial charge in [-0.25, -0.2) is 4.98 Å². The number of halogens is 1. The summed E-state index contributed by atoms with van der Waals surface area (Å²) in [7, 11) is 2.09. The summed E-state index contributed by atoms with van der Waals surface area (Å²) in [6, 6.07) is 6.00. The van der Waals surface area contributed by atoms with Crippen LogP contribution in [0.1, 0.15) is 24.6 Å². The Morgan fingerprint density at radius 3 is 2.85 bits per heavy atom. The van der Waals surface area contributed by atoms with E-state index in [-0.39, 0.29) is 0 Å². The highest BCUT2D eigenvalue weighted by molar-refractivity contribution is 7.07. The molecule has 0 saturated heterocycles. The molecule has 20 heavy (non-hydrogen) atoms. The maximum atomic E-state index is 6.24. The zero-order valence-electron chi connectivity index (χ0n) is 11.9. The van der Waals surface area contributed by atoms with E-state index in [9.17, 15) is 0 Å². The lowest BCUT2D eigenvalue weighted by Crippen LogP contribution is -2.18. The molecule has 0 aliphatic carbocycles. The fraction of sp³-hybridized carbons (Fsp3) is 0.400. The van der Waals surface area contributed by atoms with Crippen molar-refractivity contribution in [3.05, 3.63) is 45.2 Å². The molecule has 2 heterocycles. The second-order valence-electron chi connectivity index (χ2n) is 4.86. The van der Waals surface area contributed by atoms with Crippen LogP contribution < -0.4 is 5.32 Å². The fourth-order valence-corrected chi connectivity index (χ4v) is 2.78. The standard InChI is InChI=1S/C15H20ClN3S/c1-3-7-17-15-5-4-13(16)14(18-15)10-19(2)9-12-6-8-20-11-12/h4-6,8,11H,3,7,9-10H2,1-2H3,(H,17,18). The van der Waals surface area contributed by atoms with Gasteiger partial charge in [-0.05, 0) is 48.0 Å². The van der Waals surface area contributed by atoms with Crippen LogP contribution in [0.15, 0.2) is 29.0 Å². The van der Waals surface area contributed by atoms with Crippen LogP contribution in [0.25, 0.3) is 0 Å². The molecular formula is C15H20ClN3S. The number of pyridine rings is 1. The molecule has 0 unspecified atom stereocenters. The second kappa shape index (κ2) is 7.62. The maximum Gasteiger partial charge on any atom is 0.126 e. The number of aromatic nitrogens is 1. The zero-order chi connectivity index (χ0) is 14.4. The fourth-order valence-electron chi connectivity index (χ4n) is 1.95. The Bertz CT molecular complexity index is 528. The maximum absolute atomic E-state index is 6.24. The summed E-state index contributed by atoms with van der Waals surface area (Å²) in [5, 5.41) is 8.29. The summed E-state index contributed by atoms with van der Waals surface area (Å²) in [6.07, 6.45) is 1.08. The quantitative estimate of drug-likeness (QED) is 0.828. The van der Waals surface area contributed by atoms with E-state index < -0.39 is 0 Å². The van der Waals surface area contributed by atoms with Crippen molar-refractivity contribution in [2.75, 3.05) is 18.9 Å². The van der Waals surface area contributed by atoms with Crippen molar-refractivity contribution in [2.24, 2.45) is 0 Å². The summed E-state index contributed by atoms with van der Waals surface area (Å²) in [5.74, 6) is 0.898. The number of rotatable bonds is 7. The Morgan fingerprint density at radius 2 is 2.15 bits per heavy atom. The first-order valence-electron chi connectivity index (χ1n) is 6.78. The molecule has 3 nitrogen and oxygen atoms in total. The predicted octanol–water partition coefficient (Wildman–Crippen LogP) is 4.25. The van der Waals surface area contributed by atoms with Crippen LogP contribution in [0.2, 0.25) is 5.02 Å². The third-order valence-electron chi connectivity index (χ3n) is 2.93. The van der Waals surface area contributed by atoms with Crippen molar-refractivity contribution < 1.29 is 0 Å². The van der Waals surface area contributed by atoms with Gasteiger partial charge >= 0.3 is 0 Å². The van der Waals surface area contributed by atoms with Crippen LogP contribution in [0.4, 0.5) is 5.82 Å². The molecule has 108 valence electrons. The van der Waals surface area contributed by atoms with Gasteiger partial charge in [0.2, 0.25) is 0 Å². The van der Waals surface area contributed by atoms with Crippen molar-refractivity contribution in [3.63, 3.8) is 0 Å². The highest BCUT2D eigenvalue weighted by atomic mass is 35.5. The molecule has 0 atom stereocenters. The van der Waals surface area contributed by atoms with Crippen molar-refractivity contribution in [2.45, 2.75) is 26.4 Å². The minimum atomic E-state index is 0.726. The minimum absolute atomic E-state index is 0.726. The van der Waals surface area contributed by atoms with E-state index in [1.165, 1.54) is 5.56 Å². The minimum Gasteiger partial charge on any atom is -0.370 e. The Hall–Kier alpha value is -1.10. The summed E-state index contributed by atoms with van der Waals surface area (Å²) in [5.41, 5.74) is 2.25. The van der Waals surface area contributed by atoms with Crippen LogP contribution in [0.5, 0.6) is 0 Å². The number of anilines is 1. The van der Waals surface area contributed by atoms with Crippen LogP contribution >= 0.6 is 22.9 Å². The summed E-state index contributed by atoms with van der Waals surface area (Å²) < 4.78 is 0. The molecule has 0 radical (unpaired) electrons. The normalized spacial score (nSPS) is 11.0. The second-order valence-corrected chi connectivity index (χ2v) is 6.04. The van der Waals surface area contributed by atoms with Crippen LogP contribution in [-0.2, 0) is 13.1 Å². The van der Waals surface area contributed by atoms with Crippen molar-refractivity contribution in [3.8, 4) is 0 Å². The Labute approximate surface area is 129 Å². The van der Waals surface area contributed by atoms with Crippen molar-refractivity contribution in [1.82, 2.24) is 9.88 Å². The van der Waals surface area contributed by atoms with E-state index in [2.05, 4.69) is 46.0 Å². The smallest absolute Gasteiger partial charge is 0.126 e. The number of hydrogen-bond acceptors (Lipinski definition) is 4. The van der Waals surface area contributed by atoms with E-state index in [1.54, 1.807) is 11.3 Å². The zero-order valence-corrected chi connectivity index (χ0v) is 13.5. The van der Waals surface area contributed by atoms with Crippen LogP contribution in [0.3, 0.4) is 0 Å². The van der Waals surface area contributed by atoms with E-state index in [4.69, 9.17) is 11.6 Å². The molecule has 2 aromatic heterocycles. The molecule has 2 rings (SSSR count). The number of hydrogen-bond donors (Lipinski definition) is 1. The van der Waals surface area contributed by atoms with Crippen LogP contribution in [-0.4, -0.2) is 23.5 Å². The van der Waals surface area contributed by atoms with E-state index in [0.717, 1.165) is 42.6 Å². The van der Waals surface area contributed by atoms with Gasteiger partial charge in [0.1, 0.15) is 5.82 Å². The van der Waals surface area contributed by atoms with Gasteiger partial charge in [0.25, 0.3) is 0 Å². The topological polar surface area (TPSA) is 28.2 Å². The first kappa shape index (κ1) is 15.3. The molecule has 0 amide bonds. The van der Waals surface area contributed by atoms with Crippen molar-refractivity contribution >= 4 is 28.8 Å². The lowest BCUT2D eigenvalue weighted by atomic mass is 10.3. The lowest BCUT2D eigenvalue weighted by Gasteiger charge is -2.17. The number of nitrogens with zero attached hydrogens (tertiary/aromatic N) is 2. The Kier molecular flexibility index (Phi) is 5.83. The highest BCUT2D eigenvalue weighted by Gasteiger charge is 2.08. The molecule has 0 aliphatic heterocycles. The summed E-state index contributed by atoms with van der Waals surface area (Å²) >= 11 is 7.97. The van der Waals surface area contributed by atoms with Gasteiger partial charge < -0.3 is 5.32 Å². The Morgan fingerprint density at radius 1 is 1.30 bits per heavy atom. The number of nitrogens with one attached hydrogen (secondary N) is 1. The molecule has 0 aromatic carbocycles. The molecule has 0 spiro atoms. The van der Waals surface area contributed by atoms with E-state index in [0.29, 0.717) is 0 Å². The van der Waals surface area contributed by atoms with Gasteiger partial charge in [-0.1, -0.05) is 18.5 Å². The third-order valence-corrected chi connectivity index (χ3v) is 4.00. The Balaban J connectivity index is 2.00. The van der Waals surface area contributed by atoms with Gasteiger partial charge in [0.15, 0.2) is 0 Å². The van der Waals surface area contributed by atoms with Gasteiger partial charge in [0.05, 0.1) is 10.7 Å². The summed E-state index contributed by atoms with van der Waals surface area (Å²) in [6.45, 7) is 4.72. The first-order chi connectivity index (χ1) is 9.69. The van der Waals surface area contributed by atoms with Crippen molar-refractivity contribution in [1.29, 1.82) is 0 Å². The predicted molar refractivity (Wildman–Crippen MR) is 87.5 cm³/mol. The molecular weight excluding hydrogens is 290 g/mol. The molecule has 0 saturated carbocycles. The first-order valence-corrected chi connectivity index (χ1v) is 8.10. The SMILES string of the molecule is CCCNc1ccc(Cl)c(CN(C)Cc2ccsc2)n1. The lowest BCUT2D eigenvalue weighted by molar-refractivity contribution is 0.316. The largest absolute Gasteiger partial charge is 0.370 e. The molecule has 1 N–H and O–H groups in total. The molecule has 0 aliphatic rings. The molecule has 5 heteroatoms. The van der Waals surface area contributed by atoms with E-state index >= 15 is 0 Å². The van der Waals surface area contributed by atoms with Gasteiger partial charge in [-0.2, -0.15) is 11.3 Å².